The Bertz CT molecular complexity index is 1150. The summed E-state index contributed by atoms with van der Waals surface area (Å²) in [6.07, 6.45) is 1.87. The van der Waals surface area contributed by atoms with Gasteiger partial charge in [-0.2, -0.15) is 0 Å². The Kier molecular flexibility index (Phi) is 7.25. The lowest BCUT2D eigenvalue weighted by molar-refractivity contribution is -0.118. The van der Waals surface area contributed by atoms with Crippen LogP contribution in [0, 0.1) is 5.92 Å². The smallest absolute Gasteiger partial charge is 0.261 e. The average Bonchev–Trinajstić information content (AvgIpc) is 2.75. The number of thioether (sulfide) groups is 1. The highest BCUT2D eigenvalue weighted by Crippen LogP contribution is 2.30. The molecule has 162 valence electrons. The molecule has 8 heteroatoms. The summed E-state index contributed by atoms with van der Waals surface area (Å²) >= 11 is 1.43. The van der Waals surface area contributed by atoms with Gasteiger partial charge in [0.1, 0.15) is 11.5 Å². The van der Waals surface area contributed by atoms with Gasteiger partial charge in [-0.3, -0.25) is 9.52 Å². The molecule has 0 fully saturated rings. The number of anilines is 2. The molecule has 0 unspecified atom stereocenters. The van der Waals surface area contributed by atoms with Crippen molar-refractivity contribution < 1.29 is 17.9 Å². The summed E-state index contributed by atoms with van der Waals surface area (Å²) in [6.45, 7) is 3.56. The summed E-state index contributed by atoms with van der Waals surface area (Å²) in [4.78, 5) is 12.9. The van der Waals surface area contributed by atoms with E-state index in [0.717, 1.165) is 4.90 Å². The monoisotopic (exact) mass is 456 g/mol. The minimum absolute atomic E-state index is 0.0639. The van der Waals surface area contributed by atoms with Gasteiger partial charge in [-0.15, -0.1) is 11.8 Å². The topological polar surface area (TPSA) is 84.5 Å². The number of hydrogen-bond acceptors (Lipinski definition) is 5. The van der Waals surface area contributed by atoms with E-state index in [9.17, 15) is 13.2 Å². The van der Waals surface area contributed by atoms with E-state index in [1.807, 2.05) is 36.6 Å². The molecule has 6 nitrogen and oxygen atoms in total. The van der Waals surface area contributed by atoms with Gasteiger partial charge >= 0.3 is 0 Å². The average molecular weight is 457 g/mol. The molecule has 0 spiro atoms. The number of para-hydroxylation sites is 1. The number of carbonyl (C=O) groups excluding carboxylic acids is 1. The van der Waals surface area contributed by atoms with Crippen molar-refractivity contribution in [2.75, 3.05) is 16.3 Å². The fraction of sp³-hybridized carbons (Fsp3) is 0.174. The molecule has 0 aromatic heterocycles. The second-order valence-corrected chi connectivity index (χ2v) is 9.58. The van der Waals surface area contributed by atoms with E-state index in [0.29, 0.717) is 22.9 Å². The zero-order valence-corrected chi connectivity index (χ0v) is 19.1. The summed E-state index contributed by atoms with van der Waals surface area (Å²) in [5, 5.41) is 2.80. The third kappa shape index (κ3) is 6.02. The molecule has 0 aliphatic rings. The van der Waals surface area contributed by atoms with Crippen LogP contribution in [0.2, 0.25) is 0 Å². The number of nitrogens with one attached hydrogen (secondary N) is 2. The van der Waals surface area contributed by atoms with Gasteiger partial charge in [0, 0.05) is 16.5 Å². The van der Waals surface area contributed by atoms with Crippen LogP contribution >= 0.6 is 11.8 Å². The summed E-state index contributed by atoms with van der Waals surface area (Å²) in [6, 6.07) is 20.6. The van der Waals surface area contributed by atoms with Gasteiger partial charge in [-0.1, -0.05) is 32.0 Å². The molecule has 31 heavy (non-hydrogen) atoms. The molecular weight excluding hydrogens is 432 g/mol. The van der Waals surface area contributed by atoms with E-state index < -0.39 is 10.0 Å². The van der Waals surface area contributed by atoms with Crippen LogP contribution < -0.4 is 14.8 Å². The maximum absolute atomic E-state index is 12.9. The molecule has 0 saturated heterocycles. The Labute approximate surface area is 187 Å². The lowest BCUT2D eigenvalue weighted by atomic mass is 10.2. The van der Waals surface area contributed by atoms with Gasteiger partial charge in [0.2, 0.25) is 5.91 Å². The highest BCUT2D eigenvalue weighted by atomic mass is 32.2. The van der Waals surface area contributed by atoms with E-state index >= 15 is 0 Å². The second-order valence-electron chi connectivity index (χ2n) is 7.05. The second kappa shape index (κ2) is 9.89. The van der Waals surface area contributed by atoms with Gasteiger partial charge in [0.25, 0.3) is 10.0 Å². The third-order valence-electron chi connectivity index (χ3n) is 4.35. The Balaban J connectivity index is 1.77. The first-order valence-corrected chi connectivity index (χ1v) is 12.3. The SMILES string of the molecule is CSc1ccc(S(=O)(=O)Nc2ccc(Oc3ccccc3)cc2)cc1NC(=O)C(C)C. The van der Waals surface area contributed by atoms with Crippen LogP contribution in [0.5, 0.6) is 11.5 Å². The van der Waals surface area contributed by atoms with Crippen molar-refractivity contribution in [3.05, 3.63) is 72.8 Å². The molecule has 0 atom stereocenters. The van der Waals surface area contributed by atoms with E-state index in [1.165, 1.54) is 23.9 Å². The lowest BCUT2D eigenvalue weighted by Gasteiger charge is -2.14. The van der Waals surface area contributed by atoms with Crippen LogP contribution in [0.4, 0.5) is 11.4 Å². The maximum Gasteiger partial charge on any atom is 0.261 e. The summed E-state index contributed by atoms with van der Waals surface area (Å²) in [5.41, 5.74) is 0.878. The molecule has 0 radical (unpaired) electrons. The standard InChI is InChI=1S/C23H24N2O4S2/c1-16(2)23(26)24-21-15-20(13-14-22(21)30-3)31(27,28)25-17-9-11-19(12-10-17)29-18-7-5-4-6-8-18/h4-16,25H,1-3H3,(H,24,26). The van der Waals surface area contributed by atoms with Crippen LogP contribution in [0.15, 0.2) is 82.6 Å². The first-order valence-electron chi connectivity index (χ1n) is 9.63. The normalized spacial score (nSPS) is 11.2. The van der Waals surface area contributed by atoms with Gasteiger partial charge in [0.15, 0.2) is 0 Å². The third-order valence-corrected chi connectivity index (χ3v) is 6.52. The molecule has 0 bridgehead atoms. The summed E-state index contributed by atoms with van der Waals surface area (Å²) < 4.78 is 34.1. The van der Waals surface area contributed by atoms with E-state index in [-0.39, 0.29) is 16.7 Å². The molecule has 2 N–H and O–H groups in total. The molecule has 3 aromatic rings. The minimum Gasteiger partial charge on any atom is -0.457 e. The Morgan fingerprint density at radius 3 is 2.19 bits per heavy atom. The molecule has 3 aromatic carbocycles. The number of benzene rings is 3. The van der Waals surface area contributed by atoms with Gasteiger partial charge in [-0.25, -0.2) is 8.42 Å². The molecule has 0 aliphatic heterocycles. The van der Waals surface area contributed by atoms with Crippen LogP contribution in [-0.2, 0) is 14.8 Å². The minimum atomic E-state index is -3.84. The number of ether oxygens (including phenoxy) is 1. The molecule has 0 heterocycles. The fourth-order valence-electron chi connectivity index (χ4n) is 2.66. The number of amides is 1. The Morgan fingerprint density at radius 1 is 0.935 bits per heavy atom. The number of hydrogen-bond donors (Lipinski definition) is 2. The van der Waals surface area contributed by atoms with Crippen molar-refractivity contribution in [1.82, 2.24) is 0 Å². The Morgan fingerprint density at radius 2 is 1.58 bits per heavy atom. The van der Waals surface area contributed by atoms with Gasteiger partial charge in [0.05, 0.1) is 10.6 Å². The number of sulfonamides is 1. The fourth-order valence-corrected chi connectivity index (χ4v) is 4.28. The largest absolute Gasteiger partial charge is 0.457 e. The maximum atomic E-state index is 12.9. The predicted octanol–water partition coefficient (Wildman–Crippen LogP) is 5.60. The summed E-state index contributed by atoms with van der Waals surface area (Å²) in [7, 11) is -3.84. The van der Waals surface area contributed by atoms with E-state index in [1.54, 1.807) is 44.2 Å². The first-order chi connectivity index (χ1) is 14.8. The highest BCUT2D eigenvalue weighted by molar-refractivity contribution is 7.98. The number of rotatable bonds is 8. The molecule has 0 saturated carbocycles. The summed E-state index contributed by atoms with van der Waals surface area (Å²) in [5.74, 6) is 0.898. The lowest BCUT2D eigenvalue weighted by Crippen LogP contribution is -2.19. The van der Waals surface area contributed by atoms with Crippen LogP contribution in [-0.4, -0.2) is 20.6 Å². The van der Waals surface area contributed by atoms with Crippen LogP contribution in [0.1, 0.15) is 13.8 Å². The predicted molar refractivity (Wildman–Crippen MR) is 125 cm³/mol. The zero-order chi connectivity index (χ0) is 22.4. The quantitative estimate of drug-likeness (QED) is 0.431. The van der Waals surface area contributed by atoms with Crippen molar-refractivity contribution in [2.24, 2.45) is 5.92 Å². The van der Waals surface area contributed by atoms with Crippen molar-refractivity contribution in [3.8, 4) is 11.5 Å². The van der Waals surface area contributed by atoms with Crippen molar-refractivity contribution >= 4 is 39.1 Å². The van der Waals surface area contributed by atoms with Gasteiger partial charge < -0.3 is 10.1 Å². The molecule has 0 aliphatic carbocycles. The molecular formula is C23H24N2O4S2. The Hall–Kier alpha value is -2.97. The van der Waals surface area contributed by atoms with Crippen LogP contribution in [0.3, 0.4) is 0 Å². The first kappa shape index (κ1) is 22.7. The van der Waals surface area contributed by atoms with Crippen molar-refractivity contribution in [1.29, 1.82) is 0 Å². The van der Waals surface area contributed by atoms with Crippen molar-refractivity contribution in [3.63, 3.8) is 0 Å². The highest BCUT2D eigenvalue weighted by Gasteiger charge is 2.18. The molecule has 3 rings (SSSR count). The van der Waals surface area contributed by atoms with Gasteiger partial charge in [-0.05, 0) is 60.9 Å². The number of carbonyl (C=O) groups is 1. The zero-order valence-electron chi connectivity index (χ0n) is 17.5. The van der Waals surface area contributed by atoms with E-state index in [2.05, 4.69) is 10.0 Å². The van der Waals surface area contributed by atoms with Crippen molar-refractivity contribution in [2.45, 2.75) is 23.6 Å². The van der Waals surface area contributed by atoms with E-state index in [4.69, 9.17) is 4.74 Å². The van der Waals surface area contributed by atoms with Crippen LogP contribution in [0.25, 0.3) is 0 Å². The molecule has 1 amide bonds.